The van der Waals surface area contributed by atoms with E-state index in [0.717, 1.165) is 0 Å². The van der Waals surface area contributed by atoms with E-state index in [4.69, 9.17) is 4.74 Å². The van der Waals surface area contributed by atoms with Gasteiger partial charge in [0.15, 0.2) is 0 Å². The maximum Gasteiger partial charge on any atom is 0.406 e. The molecule has 0 atom stereocenters. The first-order valence-electron chi connectivity index (χ1n) is 3.23. The van der Waals surface area contributed by atoms with Gasteiger partial charge in [-0.1, -0.05) is 0 Å². The zero-order valence-corrected chi connectivity index (χ0v) is 6.35. The van der Waals surface area contributed by atoms with Crippen LogP contribution >= 0.6 is 0 Å². The Morgan fingerprint density at radius 1 is 1.50 bits per heavy atom. The molecule has 60 valence electrons. The van der Waals surface area contributed by atoms with Crippen molar-refractivity contribution in [2.24, 2.45) is 0 Å². The van der Waals surface area contributed by atoms with Crippen LogP contribution in [-0.2, 0) is 9.47 Å². The molecule has 0 radical (unpaired) electrons. The molecule has 0 saturated heterocycles. The molecule has 0 fully saturated rings. The zero-order chi connectivity index (χ0) is 7.82. The first-order chi connectivity index (χ1) is 4.81. The van der Waals surface area contributed by atoms with Crippen LogP contribution in [0, 0.1) is 0 Å². The summed E-state index contributed by atoms with van der Waals surface area (Å²) in [4.78, 5) is 10.4. The van der Waals surface area contributed by atoms with Crippen molar-refractivity contribution in [3.05, 3.63) is 0 Å². The van der Waals surface area contributed by atoms with E-state index in [9.17, 15) is 4.79 Å². The second kappa shape index (κ2) is 6.35. The van der Waals surface area contributed by atoms with Gasteiger partial charge >= 0.3 is 6.09 Å². The molecule has 0 saturated carbocycles. The van der Waals surface area contributed by atoms with Crippen molar-refractivity contribution in [2.75, 3.05) is 26.9 Å². The fourth-order valence-corrected chi connectivity index (χ4v) is 0.410. The van der Waals surface area contributed by atoms with Gasteiger partial charge in [0.05, 0.1) is 6.61 Å². The molecule has 1 N–H and O–H groups in total. The van der Waals surface area contributed by atoms with Crippen molar-refractivity contribution in [3.8, 4) is 0 Å². The van der Waals surface area contributed by atoms with Gasteiger partial charge in [-0.15, -0.1) is 0 Å². The largest absolute Gasteiger partial charge is 0.447 e. The van der Waals surface area contributed by atoms with Crippen LogP contribution in [0.3, 0.4) is 0 Å². The number of amides is 1. The highest BCUT2D eigenvalue weighted by molar-refractivity contribution is 5.66. The van der Waals surface area contributed by atoms with Crippen molar-refractivity contribution in [1.29, 1.82) is 0 Å². The normalized spacial score (nSPS) is 9.00. The van der Waals surface area contributed by atoms with Gasteiger partial charge in [-0.05, 0) is 6.92 Å². The molecule has 0 spiro atoms. The lowest BCUT2D eigenvalue weighted by atomic mass is 10.7. The average Bonchev–Trinajstić information content (AvgIpc) is 1.98. The van der Waals surface area contributed by atoms with E-state index >= 15 is 0 Å². The summed E-state index contributed by atoms with van der Waals surface area (Å²) in [5.74, 6) is 0. The summed E-state index contributed by atoms with van der Waals surface area (Å²) in [6, 6.07) is 0. The molecule has 0 aromatic carbocycles. The monoisotopic (exact) mass is 147 g/mol. The second-order valence-corrected chi connectivity index (χ2v) is 1.58. The summed E-state index contributed by atoms with van der Waals surface area (Å²) in [6.45, 7) is 3.31. The molecular weight excluding hydrogens is 134 g/mol. The maximum absolute atomic E-state index is 10.4. The van der Waals surface area contributed by atoms with Gasteiger partial charge in [0, 0.05) is 13.7 Å². The van der Waals surface area contributed by atoms with E-state index in [0.29, 0.717) is 19.8 Å². The van der Waals surface area contributed by atoms with Crippen LogP contribution in [0.4, 0.5) is 4.79 Å². The molecule has 0 aliphatic carbocycles. The van der Waals surface area contributed by atoms with Crippen LogP contribution in [0.25, 0.3) is 0 Å². The smallest absolute Gasteiger partial charge is 0.406 e. The molecule has 1 amide bonds. The highest BCUT2D eigenvalue weighted by atomic mass is 16.6. The third kappa shape index (κ3) is 5.37. The molecule has 0 heterocycles. The Balaban J connectivity index is 2.96. The molecule has 0 aliphatic heterocycles. The standard InChI is InChI=1S/C6H13NO3/c1-3-9-4-5-10-6(8)7-2/h3-5H2,1-2H3,(H,7,8). The van der Waals surface area contributed by atoms with Crippen LogP contribution in [0.5, 0.6) is 0 Å². The van der Waals surface area contributed by atoms with E-state index < -0.39 is 6.09 Å². The lowest BCUT2D eigenvalue weighted by Crippen LogP contribution is -2.21. The van der Waals surface area contributed by atoms with Gasteiger partial charge in [-0.2, -0.15) is 0 Å². The van der Waals surface area contributed by atoms with Crippen molar-refractivity contribution >= 4 is 6.09 Å². The fourth-order valence-electron chi connectivity index (χ4n) is 0.410. The average molecular weight is 147 g/mol. The van der Waals surface area contributed by atoms with E-state index in [1.54, 1.807) is 0 Å². The minimum atomic E-state index is -0.417. The Morgan fingerprint density at radius 3 is 2.70 bits per heavy atom. The van der Waals surface area contributed by atoms with Crippen molar-refractivity contribution in [1.82, 2.24) is 5.32 Å². The van der Waals surface area contributed by atoms with Crippen LogP contribution in [0.15, 0.2) is 0 Å². The Kier molecular flexibility index (Phi) is 5.86. The summed E-state index contributed by atoms with van der Waals surface area (Å²) in [5, 5.41) is 2.33. The van der Waals surface area contributed by atoms with Gasteiger partial charge in [-0.3, -0.25) is 0 Å². The molecule has 4 nitrogen and oxygen atoms in total. The molecule has 0 aromatic heterocycles. The predicted molar refractivity (Wildman–Crippen MR) is 36.9 cm³/mol. The fraction of sp³-hybridized carbons (Fsp3) is 0.833. The van der Waals surface area contributed by atoms with Crippen LogP contribution < -0.4 is 5.32 Å². The first kappa shape index (κ1) is 9.23. The number of hydrogen-bond acceptors (Lipinski definition) is 3. The van der Waals surface area contributed by atoms with Gasteiger partial charge in [0.25, 0.3) is 0 Å². The molecule has 0 bridgehead atoms. The molecule has 0 aliphatic rings. The van der Waals surface area contributed by atoms with Crippen molar-refractivity contribution in [2.45, 2.75) is 6.92 Å². The number of alkyl carbamates (subject to hydrolysis) is 1. The highest BCUT2D eigenvalue weighted by Crippen LogP contribution is 1.77. The molecule has 0 unspecified atom stereocenters. The number of carbonyl (C=O) groups is 1. The molecule has 0 rings (SSSR count). The molecule has 0 aromatic rings. The summed E-state index contributed by atoms with van der Waals surface area (Å²) >= 11 is 0. The van der Waals surface area contributed by atoms with Crippen LogP contribution in [0.1, 0.15) is 6.92 Å². The third-order valence-electron chi connectivity index (χ3n) is 0.869. The number of ether oxygens (including phenoxy) is 2. The third-order valence-corrected chi connectivity index (χ3v) is 0.869. The van der Waals surface area contributed by atoms with Crippen LogP contribution in [-0.4, -0.2) is 33.0 Å². The zero-order valence-electron chi connectivity index (χ0n) is 6.35. The minimum absolute atomic E-state index is 0.313. The lowest BCUT2D eigenvalue weighted by molar-refractivity contribution is 0.0797. The predicted octanol–water partition coefficient (Wildman–Crippen LogP) is 0.379. The summed E-state index contributed by atoms with van der Waals surface area (Å²) in [6.07, 6.45) is -0.417. The topological polar surface area (TPSA) is 47.6 Å². The molecule has 4 heteroatoms. The van der Waals surface area contributed by atoms with E-state index in [1.807, 2.05) is 6.92 Å². The lowest BCUT2D eigenvalue weighted by Gasteiger charge is -2.02. The number of carbonyl (C=O) groups excluding carboxylic acids is 1. The summed E-state index contributed by atoms with van der Waals surface area (Å²) < 4.78 is 9.54. The number of nitrogens with one attached hydrogen (secondary N) is 1. The first-order valence-corrected chi connectivity index (χ1v) is 3.23. The Hall–Kier alpha value is -0.770. The van der Waals surface area contributed by atoms with Crippen LogP contribution in [0.2, 0.25) is 0 Å². The van der Waals surface area contributed by atoms with Gasteiger partial charge in [0.2, 0.25) is 0 Å². The van der Waals surface area contributed by atoms with Gasteiger partial charge in [0.1, 0.15) is 6.61 Å². The van der Waals surface area contributed by atoms with Crippen molar-refractivity contribution in [3.63, 3.8) is 0 Å². The van der Waals surface area contributed by atoms with Crippen molar-refractivity contribution < 1.29 is 14.3 Å². The quantitative estimate of drug-likeness (QED) is 0.585. The maximum atomic E-state index is 10.4. The van der Waals surface area contributed by atoms with Gasteiger partial charge < -0.3 is 14.8 Å². The van der Waals surface area contributed by atoms with E-state index in [2.05, 4.69) is 10.1 Å². The second-order valence-electron chi connectivity index (χ2n) is 1.58. The number of hydrogen-bond donors (Lipinski definition) is 1. The molecular formula is C6H13NO3. The van der Waals surface area contributed by atoms with E-state index in [-0.39, 0.29) is 0 Å². The Labute approximate surface area is 60.5 Å². The Bertz CT molecular complexity index is 95.0. The Morgan fingerprint density at radius 2 is 2.20 bits per heavy atom. The minimum Gasteiger partial charge on any atom is -0.447 e. The highest BCUT2D eigenvalue weighted by Gasteiger charge is 1.94. The summed E-state index contributed by atoms with van der Waals surface area (Å²) in [5.41, 5.74) is 0. The summed E-state index contributed by atoms with van der Waals surface area (Å²) in [7, 11) is 1.52. The van der Waals surface area contributed by atoms with E-state index in [1.165, 1.54) is 7.05 Å². The molecule has 10 heavy (non-hydrogen) atoms. The number of rotatable bonds is 4. The SMILES string of the molecule is CCOCCOC(=O)NC. The van der Waals surface area contributed by atoms with Gasteiger partial charge in [-0.25, -0.2) is 4.79 Å².